The van der Waals surface area contributed by atoms with Crippen molar-refractivity contribution in [2.24, 2.45) is 0 Å². The largest absolute Gasteiger partial charge is 0.299 e. The number of hydrogen-bond donors (Lipinski definition) is 0. The summed E-state index contributed by atoms with van der Waals surface area (Å²) in [5, 5.41) is 1.77. The molecular formula is C17H17NO4S. The fraction of sp³-hybridized carbons (Fsp3) is 0.529. The maximum Gasteiger partial charge on any atom is 0.263 e. The topological polar surface area (TPSA) is 71.5 Å². The van der Waals surface area contributed by atoms with E-state index in [1.54, 1.807) is 5.38 Å². The van der Waals surface area contributed by atoms with E-state index >= 15 is 0 Å². The molecule has 0 N–H and O–H groups in total. The smallest absolute Gasteiger partial charge is 0.263 e. The van der Waals surface area contributed by atoms with Gasteiger partial charge in [0.2, 0.25) is 0 Å². The molecule has 1 aromatic rings. The molecule has 2 amide bonds. The highest BCUT2D eigenvalue weighted by molar-refractivity contribution is 7.11. The van der Waals surface area contributed by atoms with Gasteiger partial charge in [-0.2, -0.15) is 0 Å². The van der Waals surface area contributed by atoms with E-state index in [0.29, 0.717) is 17.0 Å². The van der Waals surface area contributed by atoms with Crippen LogP contribution in [0.1, 0.15) is 76.5 Å². The van der Waals surface area contributed by atoms with Crippen molar-refractivity contribution >= 4 is 34.7 Å². The van der Waals surface area contributed by atoms with E-state index in [2.05, 4.69) is 0 Å². The molecule has 1 unspecified atom stereocenters. The van der Waals surface area contributed by atoms with Crippen LogP contribution in [-0.2, 0) is 9.59 Å². The molecule has 0 radical (unpaired) electrons. The van der Waals surface area contributed by atoms with Crippen molar-refractivity contribution in [1.82, 2.24) is 4.90 Å². The third-order valence-electron chi connectivity index (χ3n) is 5.18. The lowest BCUT2D eigenvalue weighted by Gasteiger charge is -2.27. The fourth-order valence-electron chi connectivity index (χ4n) is 4.00. The molecule has 0 aromatic carbocycles. The monoisotopic (exact) mass is 331 g/mol. The zero-order valence-corrected chi connectivity index (χ0v) is 13.5. The zero-order valence-electron chi connectivity index (χ0n) is 12.7. The number of thiophene rings is 1. The Bertz CT molecular complexity index is 729. The van der Waals surface area contributed by atoms with Gasteiger partial charge in [0.25, 0.3) is 11.8 Å². The molecule has 6 heteroatoms. The van der Waals surface area contributed by atoms with Gasteiger partial charge in [-0.3, -0.25) is 24.1 Å². The molecular weight excluding hydrogens is 314 g/mol. The number of carbonyl (C=O) groups is 4. The summed E-state index contributed by atoms with van der Waals surface area (Å²) in [4.78, 5) is 51.1. The van der Waals surface area contributed by atoms with Crippen molar-refractivity contribution in [2.45, 2.75) is 56.9 Å². The highest BCUT2D eigenvalue weighted by atomic mass is 32.1. The van der Waals surface area contributed by atoms with E-state index < -0.39 is 6.04 Å². The lowest BCUT2D eigenvalue weighted by molar-refractivity contribution is -0.132. The number of carbonyl (C=O) groups excluding carboxylic acids is 4. The molecule has 1 aromatic heterocycles. The molecule has 3 aliphatic rings. The van der Waals surface area contributed by atoms with Gasteiger partial charge in [0, 0.05) is 16.7 Å². The maximum absolute atomic E-state index is 12.8. The Kier molecular flexibility index (Phi) is 3.44. The molecule has 2 saturated carbocycles. The normalized spacial score (nSPS) is 25.6. The Balaban J connectivity index is 1.67. The van der Waals surface area contributed by atoms with E-state index in [4.69, 9.17) is 0 Å². The van der Waals surface area contributed by atoms with Gasteiger partial charge in [-0.25, -0.2) is 0 Å². The van der Waals surface area contributed by atoms with Crippen LogP contribution in [0, 0.1) is 0 Å². The Morgan fingerprint density at radius 3 is 2.43 bits per heavy atom. The Morgan fingerprint density at radius 1 is 1.00 bits per heavy atom. The molecule has 23 heavy (non-hydrogen) atoms. The molecule has 2 aliphatic carbocycles. The summed E-state index contributed by atoms with van der Waals surface area (Å²) in [6, 6.07) is -0.762. The van der Waals surface area contributed by atoms with Gasteiger partial charge in [-0.15, -0.1) is 11.3 Å². The predicted octanol–water partition coefficient (Wildman–Crippen LogP) is 2.69. The van der Waals surface area contributed by atoms with Crippen LogP contribution in [0.4, 0.5) is 0 Å². The zero-order chi connectivity index (χ0) is 16.1. The van der Waals surface area contributed by atoms with Gasteiger partial charge in [0.05, 0.1) is 23.6 Å². The van der Waals surface area contributed by atoms with Crippen LogP contribution in [0.15, 0.2) is 5.38 Å². The molecule has 1 atom stereocenters. The Labute approximate surface area is 137 Å². The molecule has 4 rings (SSSR count). The average molecular weight is 331 g/mol. The first kappa shape index (κ1) is 14.8. The number of ketones is 2. The minimum absolute atomic E-state index is 0.105. The summed E-state index contributed by atoms with van der Waals surface area (Å²) in [5.41, 5.74) is 0.975. The lowest BCUT2D eigenvalue weighted by atomic mass is 9.92. The van der Waals surface area contributed by atoms with E-state index in [9.17, 15) is 19.2 Å². The summed E-state index contributed by atoms with van der Waals surface area (Å²) >= 11 is 1.50. The number of rotatable bonds is 2. The minimum atomic E-state index is -0.762. The number of hydrogen-bond acceptors (Lipinski definition) is 5. The average Bonchev–Trinajstić information content (AvgIpc) is 3.20. The molecule has 0 saturated heterocycles. The molecule has 2 heterocycles. The van der Waals surface area contributed by atoms with Crippen molar-refractivity contribution in [3.05, 3.63) is 21.4 Å². The van der Waals surface area contributed by atoms with Crippen LogP contribution in [0.2, 0.25) is 0 Å². The lowest BCUT2D eigenvalue weighted by Crippen LogP contribution is -2.47. The third-order valence-corrected chi connectivity index (χ3v) is 6.32. The van der Waals surface area contributed by atoms with Gasteiger partial charge in [0.1, 0.15) is 5.78 Å². The molecule has 0 spiro atoms. The van der Waals surface area contributed by atoms with E-state index in [-0.39, 0.29) is 42.6 Å². The van der Waals surface area contributed by atoms with E-state index in [1.165, 1.54) is 11.3 Å². The number of nitrogens with zero attached hydrogens (tertiary/aromatic N) is 1. The quantitative estimate of drug-likeness (QED) is 0.617. The first-order valence-electron chi connectivity index (χ1n) is 8.11. The summed E-state index contributed by atoms with van der Waals surface area (Å²) < 4.78 is 0. The van der Waals surface area contributed by atoms with Crippen LogP contribution in [0.3, 0.4) is 0 Å². The molecule has 0 bridgehead atoms. The first-order valence-corrected chi connectivity index (χ1v) is 8.99. The summed E-state index contributed by atoms with van der Waals surface area (Å²) in [5.74, 6) is -0.742. The molecule has 1 aliphatic heterocycles. The maximum atomic E-state index is 12.8. The molecule has 120 valence electrons. The molecule has 2 fully saturated rings. The second-order valence-electron chi connectivity index (χ2n) is 6.59. The van der Waals surface area contributed by atoms with Crippen LogP contribution >= 0.6 is 11.3 Å². The minimum Gasteiger partial charge on any atom is -0.299 e. The number of fused-ring (bicyclic) bond motifs is 1. The number of imide groups is 1. The van der Waals surface area contributed by atoms with Crippen LogP contribution in [-0.4, -0.2) is 34.3 Å². The van der Waals surface area contributed by atoms with Crippen LogP contribution in [0.5, 0.6) is 0 Å². The van der Waals surface area contributed by atoms with Crippen molar-refractivity contribution in [3.63, 3.8) is 0 Å². The second-order valence-corrected chi connectivity index (χ2v) is 7.50. The summed E-state index contributed by atoms with van der Waals surface area (Å²) in [7, 11) is 0. The van der Waals surface area contributed by atoms with Gasteiger partial charge in [-0.1, -0.05) is 12.8 Å². The van der Waals surface area contributed by atoms with Crippen LogP contribution in [0.25, 0.3) is 0 Å². The number of amides is 2. The SMILES string of the molecule is O=C1CCC(N2C(=O)c3csc(C4CCCC4)c3C2=O)C(=O)C1. The predicted molar refractivity (Wildman–Crippen MR) is 83.7 cm³/mol. The van der Waals surface area contributed by atoms with E-state index in [0.717, 1.165) is 35.5 Å². The van der Waals surface area contributed by atoms with Gasteiger partial charge >= 0.3 is 0 Å². The molecule has 5 nitrogen and oxygen atoms in total. The van der Waals surface area contributed by atoms with Crippen molar-refractivity contribution in [1.29, 1.82) is 0 Å². The summed E-state index contributed by atoms with van der Waals surface area (Å²) in [6.07, 6.45) is 4.80. The Morgan fingerprint density at radius 2 is 1.74 bits per heavy atom. The first-order chi connectivity index (χ1) is 11.1. The van der Waals surface area contributed by atoms with Crippen LogP contribution < -0.4 is 0 Å². The highest BCUT2D eigenvalue weighted by Crippen LogP contribution is 2.43. The fourth-order valence-corrected chi connectivity index (χ4v) is 5.20. The van der Waals surface area contributed by atoms with Gasteiger partial charge in [-0.05, 0) is 25.2 Å². The van der Waals surface area contributed by atoms with Crippen molar-refractivity contribution in [2.75, 3.05) is 0 Å². The third kappa shape index (κ3) is 2.19. The number of Topliss-reactive ketones (excluding diaryl/α,β-unsaturated/α-hetero) is 2. The van der Waals surface area contributed by atoms with E-state index in [1.807, 2.05) is 0 Å². The standard InChI is InChI=1S/C17H17NO4S/c19-10-5-6-12(13(20)7-10)18-16(21)11-8-23-15(14(11)17(18)22)9-3-1-2-4-9/h8-9,12H,1-7H2. The summed E-state index contributed by atoms with van der Waals surface area (Å²) in [6.45, 7) is 0. The Hall–Kier alpha value is -1.82. The van der Waals surface area contributed by atoms with Crippen molar-refractivity contribution in [3.8, 4) is 0 Å². The van der Waals surface area contributed by atoms with Gasteiger partial charge < -0.3 is 0 Å². The van der Waals surface area contributed by atoms with Gasteiger partial charge in [0.15, 0.2) is 5.78 Å². The highest BCUT2D eigenvalue weighted by Gasteiger charge is 2.46. The second kappa shape index (κ2) is 5.37. The van der Waals surface area contributed by atoms with Crippen molar-refractivity contribution < 1.29 is 19.2 Å².